The molecule has 1 saturated heterocycles. The third-order valence-electron chi connectivity index (χ3n) is 2.53. The van der Waals surface area contributed by atoms with E-state index in [-0.39, 0.29) is 0 Å². The summed E-state index contributed by atoms with van der Waals surface area (Å²) in [7, 11) is 0. The lowest BCUT2D eigenvalue weighted by Crippen LogP contribution is -2.37. The molecule has 1 aliphatic heterocycles. The van der Waals surface area contributed by atoms with Crippen molar-refractivity contribution in [3.05, 3.63) is 0 Å². The second kappa shape index (κ2) is 12.7. The van der Waals surface area contributed by atoms with Gasteiger partial charge in [0, 0.05) is 13.1 Å². The predicted molar refractivity (Wildman–Crippen MR) is 69.9 cm³/mol. The Labute approximate surface area is 114 Å². The molecule has 19 heavy (non-hydrogen) atoms. The maximum absolute atomic E-state index is 5.78. The molecule has 0 bridgehead atoms. The van der Waals surface area contributed by atoms with Crippen LogP contribution in [0.5, 0.6) is 0 Å². The zero-order chi connectivity index (χ0) is 13.6. The first kappa shape index (κ1) is 16.8. The second-order valence-electron chi connectivity index (χ2n) is 4.10. The lowest BCUT2D eigenvalue weighted by atomic mass is 10.5. The third kappa shape index (κ3) is 11.3. The van der Waals surface area contributed by atoms with E-state index in [4.69, 9.17) is 29.5 Å². The summed E-state index contributed by atoms with van der Waals surface area (Å²) in [6, 6.07) is 0. The first-order valence-corrected chi connectivity index (χ1v) is 6.78. The lowest BCUT2D eigenvalue weighted by molar-refractivity contribution is -0.0185. The van der Waals surface area contributed by atoms with Crippen LogP contribution in [0.4, 0.5) is 0 Å². The van der Waals surface area contributed by atoms with Gasteiger partial charge in [0.15, 0.2) is 0 Å². The largest absolute Gasteiger partial charge is 0.378 e. The van der Waals surface area contributed by atoms with Crippen molar-refractivity contribution in [2.45, 2.75) is 0 Å². The van der Waals surface area contributed by atoms with E-state index in [0.29, 0.717) is 79.2 Å². The van der Waals surface area contributed by atoms with E-state index < -0.39 is 0 Å². The minimum Gasteiger partial charge on any atom is -0.378 e. The minimum absolute atomic E-state index is 0.577. The molecule has 0 unspecified atom stereocenters. The van der Waals surface area contributed by atoms with Crippen molar-refractivity contribution < 1.29 is 23.7 Å². The van der Waals surface area contributed by atoms with E-state index >= 15 is 0 Å². The van der Waals surface area contributed by atoms with Crippen molar-refractivity contribution in [3.8, 4) is 0 Å². The molecule has 0 amide bonds. The summed E-state index contributed by atoms with van der Waals surface area (Å²) in [4.78, 5) is 0. The van der Waals surface area contributed by atoms with Gasteiger partial charge in [-0.3, -0.25) is 5.84 Å². The van der Waals surface area contributed by atoms with E-state index in [2.05, 4.69) is 0 Å². The Morgan fingerprint density at radius 3 is 1.05 bits per heavy atom. The Bertz CT molecular complexity index is 179. The number of hydrogen-bond donors (Lipinski definition) is 1. The van der Waals surface area contributed by atoms with Crippen LogP contribution in [-0.4, -0.2) is 84.2 Å². The van der Waals surface area contributed by atoms with Crippen molar-refractivity contribution in [2.24, 2.45) is 5.84 Å². The van der Waals surface area contributed by atoms with Crippen LogP contribution in [0.2, 0.25) is 0 Å². The Hall–Kier alpha value is -0.280. The molecule has 0 spiro atoms. The van der Waals surface area contributed by atoms with Gasteiger partial charge in [-0.1, -0.05) is 0 Å². The first-order chi connectivity index (χ1) is 9.39. The summed E-state index contributed by atoms with van der Waals surface area (Å²) in [5.41, 5.74) is 0. The van der Waals surface area contributed by atoms with Crippen LogP contribution in [0, 0.1) is 0 Å². The highest BCUT2D eigenvalue weighted by molar-refractivity contribution is 4.47. The monoisotopic (exact) mass is 278 g/mol. The number of ether oxygens (including phenoxy) is 5. The molecule has 0 aromatic rings. The van der Waals surface area contributed by atoms with Gasteiger partial charge in [0.2, 0.25) is 0 Å². The maximum Gasteiger partial charge on any atom is 0.0701 e. The van der Waals surface area contributed by atoms with Gasteiger partial charge >= 0.3 is 0 Å². The van der Waals surface area contributed by atoms with Gasteiger partial charge < -0.3 is 23.7 Å². The molecule has 7 nitrogen and oxygen atoms in total. The van der Waals surface area contributed by atoms with Crippen LogP contribution in [0.15, 0.2) is 0 Å². The average molecular weight is 278 g/mol. The van der Waals surface area contributed by atoms with Crippen LogP contribution in [0.3, 0.4) is 0 Å². The topological polar surface area (TPSA) is 75.4 Å². The molecular weight excluding hydrogens is 252 g/mol. The molecule has 1 rings (SSSR count). The third-order valence-corrected chi connectivity index (χ3v) is 2.53. The van der Waals surface area contributed by atoms with Gasteiger partial charge in [0.05, 0.1) is 66.1 Å². The fourth-order valence-corrected chi connectivity index (χ4v) is 1.46. The average Bonchev–Trinajstić information content (AvgIpc) is 2.41. The van der Waals surface area contributed by atoms with Gasteiger partial charge in [-0.15, -0.1) is 0 Å². The summed E-state index contributed by atoms with van der Waals surface area (Å²) in [6.45, 7) is 7.19. The van der Waals surface area contributed by atoms with Crippen LogP contribution in [0.25, 0.3) is 0 Å². The molecule has 1 fully saturated rings. The summed E-state index contributed by atoms with van der Waals surface area (Å²) in [5.74, 6) is 5.78. The van der Waals surface area contributed by atoms with Gasteiger partial charge in [0.25, 0.3) is 0 Å². The number of rotatable bonds is 0. The molecule has 0 atom stereocenters. The number of nitrogens with two attached hydrogens (primary N) is 1. The number of nitrogens with zero attached hydrogens (tertiary/aromatic N) is 1. The second-order valence-corrected chi connectivity index (χ2v) is 4.10. The molecule has 114 valence electrons. The summed E-state index contributed by atoms with van der Waals surface area (Å²) in [6.07, 6.45) is 0. The Balaban J connectivity index is 2.08. The fraction of sp³-hybridized carbons (Fsp3) is 1.00. The van der Waals surface area contributed by atoms with Crippen molar-refractivity contribution in [1.82, 2.24) is 5.01 Å². The quantitative estimate of drug-likeness (QED) is 0.585. The molecule has 2 N–H and O–H groups in total. The smallest absolute Gasteiger partial charge is 0.0701 e. The summed E-state index contributed by atoms with van der Waals surface area (Å²) < 4.78 is 26.8. The molecule has 0 saturated carbocycles. The lowest BCUT2D eigenvalue weighted by Gasteiger charge is -2.16. The number of hydrazine groups is 1. The van der Waals surface area contributed by atoms with Gasteiger partial charge in [0.1, 0.15) is 0 Å². The Morgan fingerprint density at radius 2 is 0.737 bits per heavy atom. The predicted octanol–water partition coefficient (Wildman–Crippen LogP) is -0.741. The van der Waals surface area contributed by atoms with E-state index in [1.807, 2.05) is 0 Å². The van der Waals surface area contributed by atoms with E-state index in [0.717, 1.165) is 0 Å². The summed E-state index contributed by atoms with van der Waals surface area (Å²) >= 11 is 0. The van der Waals surface area contributed by atoms with Crippen LogP contribution in [0.1, 0.15) is 0 Å². The van der Waals surface area contributed by atoms with Crippen molar-refractivity contribution in [3.63, 3.8) is 0 Å². The van der Waals surface area contributed by atoms with Gasteiger partial charge in [-0.25, -0.2) is 5.01 Å². The van der Waals surface area contributed by atoms with Crippen molar-refractivity contribution in [2.75, 3.05) is 79.2 Å². The van der Waals surface area contributed by atoms with Crippen molar-refractivity contribution in [1.29, 1.82) is 0 Å². The molecule has 0 aromatic carbocycles. The molecule has 0 aliphatic carbocycles. The molecule has 0 radical (unpaired) electrons. The van der Waals surface area contributed by atoms with Crippen LogP contribution < -0.4 is 5.84 Å². The number of hydrogen-bond acceptors (Lipinski definition) is 7. The highest BCUT2D eigenvalue weighted by Gasteiger charge is 2.00. The molecule has 1 heterocycles. The standard InChI is InChI=1S/C12H26N2O5/c13-14-1-3-15-5-7-17-9-11-19-12-10-18-8-6-16-4-2-14/h1-13H2. The van der Waals surface area contributed by atoms with Crippen LogP contribution in [-0.2, 0) is 23.7 Å². The molecule has 1 aliphatic rings. The van der Waals surface area contributed by atoms with E-state index in [9.17, 15) is 0 Å². The SMILES string of the molecule is NN1CCOCCOCCOCCOCCOCC1. The van der Waals surface area contributed by atoms with Gasteiger partial charge in [-0.2, -0.15) is 0 Å². The molecule has 0 aromatic heterocycles. The normalized spacial score (nSPS) is 24.5. The Kier molecular flexibility index (Phi) is 11.2. The van der Waals surface area contributed by atoms with E-state index in [1.54, 1.807) is 5.01 Å². The molecular formula is C12H26N2O5. The highest BCUT2D eigenvalue weighted by Crippen LogP contribution is 1.87. The minimum atomic E-state index is 0.577. The van der Waals surface area contributed by atoms with Crippen LogP contribution >= 0.6 is 0 Å². The summed E-state index contributed by atoms with van der Waals surface area (Å²) in [5, 5.41) is 1.69. The van der Waals surface area contributed by atoms with E-state index in [1.165, 1.54) is 0 Å². The zero-order valence-corrected chi connectivity index (χ0v) is 11.6. The van der Waals surface area contributed by atoms with Gasteiger partial charge in [-0.05, 0) is 0 Å². The van der Waals surface area contributed by atoms with Crippen molar-refractivity contribution >= 4 is 0 Å². The highest BCUT2D eigenvalue weighted by atomic mass is 16.6. The first-order valence-electron chi connectivity index (χ1n) is 6.78. The molecule has 7 heteroatoms. The fourth-order valence-electron chi connectivity index (χ4n) is 1.46. The maximum atomic E-state index is 5.78. The zero-order valence-electron chi connectivity index (χ0n) is 11.6. The Morgan fingerprint density at radius 1 is 0.474 bits per heavy atom.